The number of urea groups is 1. The molecular weight excluding hydrogens is 470 g/mol. The number of aromatic nitrogens is 1. The fraction of sp³-hybridized carbons (Fsp3) is 0.750. The first-order chi connectivity index (χ1) is 17.7. The molecule has 1 aliphatic heterocycles. The number of ether oxygens (including phenoxy) is 1. The Morgan fingerprint density at radius 1 is 1.11 bits per heavy atom. The molecule has 0 unspecified atom stereocenters. The van der Waals surface area contributed by atoms with Crippen LogP contribution in [0.15, 0.2) is 12.1 Å². The second-order valence-corrected chi connectivity index (χ2v) is 10.5. The van der Waals surface area contributed by atoms with Crippen LogP contribution in [0.2, 0.25) is 0 Å². The predicted molar refractivity (Wildman–Crippen MR) is 148 cm³/mol. The molecule has 9 nitrogen and oxygen atoms in total. The summed E-state index contributed by atoms with van der Waals surface area (Å²) < 4.78 is 5.69. The molecule has 0 saturated carbocycles. The molecule has 2 heterocycles. The van der Waals surface area contributed by atoms with Gasteiger partial charge in [-0.1, -0.05) is 13.0 Å². The Labute approximate surface area is 223 Å². The lowest BCUT2D eigenvalue weighted by Gasteiger charge is -2.32. The van der Waals surface area contributed by atoms with Crippen LogP contribution in [0.1, 0.15) is 78.0 Å². The largest absolute Gasteiger partial charge is 0.480 e. The van der Waals surface area contributed by atoms with Gasteiger partial charge in [-0.15, -0.1) is 0 Å². The fourth-order valence-corrected chi connectivity index (χ4v) is 4.78. The summed E-state index contributed by atoms with van der Waals surface area (Å²) in [5, 5.41) is 15.9. The molecule has 0 fully saturated rings. The second kappa shape index (κ2) is 16.5. The van der Waals surface area contributed by atoms with Gasteiger partial charge in [0, 0.05) is 44.0 Å². The molecule has 0 bridgehead atoms. The van der Waals surface area contributed by atoms with E-state index in [1.54, 1.807) is 4.90 Å². The first kappa shape index (κ1) is 30.8. The number of carbonyl (C=O) groups is 2. The minimum atomic E-state index is -1.00. The third-order valence-electron chi connectivity index (χ3n) is 6.69. The number of hydrogen-bond donors (Lipinski definition) is 3. The molecule has 0 spiro atoms. The number of carboxylic acids is 1. The molecule has 0 aromatic carbocycles. The number of aryl methyl sites for hydroxylation is 2. The number of amides is 2. The third-order valence-corrected chi connectivity index (χ3v) is 6.69. The first-order valence-electron chi connectivity index (χ1n) is 14.1. The van der Waals surface area contributed by atoms with E-state index in [-0.39, 0.29) is 18.1 Å². The topological polar surface area (TPSA) is 107 Å². The Balaban J connectivity index is 1.88. The molecule has 37 heavy (non-hydrogen) atoms. The summed E-state index contributed by atoms with van der Waals surface area (Å²) in [6.07, 6.45) is 6.48. The number of anilines is 1. The van der Waals surface area contributed by atoms with E-state index in [0.29, 0.717) is 19.6 Å². The van der Waals surface area contributed by atoms with Crippen molar-refractivity contribution >= 4 is 17.8 Å². The molecule has 3 N–H and O–H groups in total. The van der Waals surface area contributed by atoms with Crippen molar-refractivity contribution in [1.82, 2.24) is 20.1 Å². The standard InChI is InChI=1S/C28H49N5O4/c1-6-19-37-20-18-32(16-8-7-11-24-13-12-23-10-9-15-29-26(23)30-24)17-14-25(27(34)35)31-28(36)33(21(2)3)22(4)5/h12-13,21-22,25H,6-11,14-20H2,1-5H3,(H,29,30)(H,31,36)(H,34,35)/t25-/m1/s1. The van der Waals surface area contributed by atoms with Gasteiger partial charge in [-0.25, -0.2) is 14.6 Å². The molecule has 1 aromatic rings. The van der Waals surface area contributed by atoms with Gasteiger partial charge in [0.25, 0.3) is 0 Å². The van der Waals surface area contributed by atoms with Gasteiger partial charge in [-0.3, -0.25) is 0 Å². The van der Waals surface area contributed by atoms with Gasteiger partial charge < -0.3 is 30.3 Å². The lowest BCUT2D eigenvalue weighted by atomic mass is 10.1. The van der Waals surface area contributed by atoms with E-state index in [1.165, 1.54) is 5.56 Å². The molecule has 1 aliphatic rings. The Bertz CT molecular complexity index is 825. The summed E-state index contributed by atoms with van der Waals surface area (Å²) in [5.74, 6) is 0.0313. The van der Waals surface area contributed by atoms with Crippen molar-refractivity contribution in [2.45, 2.75) is 97.7 Å². The van der Waals surface area contributed by atoms with Crippen LogP contribution in [-0.4, -0.2) is 89.4 Å². The number of nitrogens with one attached hydrogen (secondary N) is 2. The summed E-state index contributed by atoms with van der Waals surface area (Å²) in [5.41, 5.74) is 2.41. The van der Waals surface area contributed by atoms with Gasteiger partial charge in [-0.05, 0) is 90.8 Å². The molecule has 210 valence electrons. The highest BCUT2D eigenvalue weighted by atomic mass is 16.5. The maximum Gasteiger partial charge on any atom is 0.326 e. The van der Waals surface area contributed by atoms with Crippen LogP contribution in [0.25, 0.3) is 0 Å². The normalized spacial score (nSPS) is 13.9. The number of pyridine rings is 1. The van der Waals surface area contributed by atoms with Crippen LogP contribution >= 0.6 is 0 Å². The number of carboxylic acid groups (broad SMARTS) is 1. The SMILES string of the molecule is CCCOCCN(CCCCc1ccc2c(n1)NCCC2)CC[C@@H](NC(=O)N(C(C)C)C(C)C)C(=O)O. The Hall–Kier alpha value is -2.39. The zero-order valence-corrected chi connectivity index (χ0v) is 23.6. The highest BCUT2D eigenvalue weighted by Crippen LogP contribution is 2.20. The number of rotatable bonds is 17. The van der Waals surface area contributed by atoms with Crippen LogP contribution < -0.4 is 10.6 Å². The molecule has 0 aliphatic carbocycles. The summed E-state index contributed by atoms with van der Waals surface area (Å²) in [7, 11) is 0. The van der Waals surface area contributed by atoms with Crippen molar-refractivity contribution in [3.8, 4) is 0 Å². The highest BCUT2D eigenvalue weighted by molar-refractivity contribution is 5.82. The van der Waals surface area contributed by atoms with E-state index in [2.05, 4.69) is 34.6 Å². The fourth-order valence-electron chi connectivity index (χ4n) is 4.78. The molecule has 9 heteroatoms. The zero-order valence-electron chi connectivity index (χ0n) is 23.6. The van der Waals surface area contributed by atoms with Crippen molar-refractivity contribution in [3.05, 3.63) is 23.4 Å². The van der Waals surface area contributed by atoms with Gasteiger partial charge in [0.05, 0.1) is 6.61 Å². The van der Waals surface area contributed by atoms with E-state index < -0.39 is 12.0 Å². The Kier molecular flexibility index (Phi) is 13.7. The Morgan fingerprint density at radius 3 is 2.54 bits per heavy atom. The number of fused-ring (bicyclic) bond motifs is 1. The first-order valence-corrected chi connectivity index (χ1v) is 14.1. The summed E-state index contributed by atoms with van der Waals surface area (Å²) >= 11 is 0. The minimum absolute atomic E-state index is 0.0120. The van der Waals surface area contributed by atoms with Crippen LogP contribution in [-0.2, 0) is 22.4 Å². The highest BCUT2D eigenvalue weighted by Gasteiger charge is 2.26. The third kappa shape index (κ3) is 10.9. The van der Waals surface area contributed by atoms with Gasteiger partial charge >= 0.3 is 12.0 Å². The van der Waals surface area contributed by atoms with E-state index in [9.17, 15) is 14.7 Å². The van der Waals surface area contributed by atoms with Gasteiger partial charge in [0.15, 0.2) is 0 Å². The maximum atomic E-state index is 12.8. The second-order valence-electron chi connectivity index (χ2n) is 10.5. The average molecular weight is 520 g/mol. The minimum Gasteiger partial charge on any atom is -0.480 e. The van der Waals surface area contributed by atoms with Crippen LogP contribution in [0, 0.1) is 0 Å². The van der Waals surface area contributed by atoms with E-state index in [4.69, 9.17) is 9.72 Å². The van der Waals surface area contributed by atoms with E-state index in [1.807, 2.05) is 27.7 Å². The van der Waals surface area contributed by atoms with Crippen molar-refractivity contribution in [1.29, 1.82) is 0 Å². The van der Waals surface area contributed by atoms with E-state index in [0.717, 1.165) is 76.3 Å². The van der Waals surface area contributed by atoms with Crippen LogP contribution in [0.3, 0.4) is 0 Å². The predicted octanol–water partition coefficient (Wildman–Crippen LogP) is 4.16. The summed E-state index contributed by atoms with van der Waals surface area (Å²) in [6, 6.07) is 3.05. The smallest absolute Gasteiger partial charge is 0.326 e. The zero-order chi connectivity index (χ0) is 27.2. The number of carbonyl (C=O) groups excluding carboxylic acids is 1. The number of aliphatic carboxylic acids is 1. The number of nitrogens with zero attached hydrogens (tertiary/aromatic N) is 3. The average Bonchev–Trinajstić information content (AvgIpc) is 2.85. The molecule has 0 radical (unpaired) electrons. The Morgan fingerprint density at radius 2 is 1.86 bits per heavy atom. The van der Waals surface area contributed by atoms with Crippen molar-refractivity contribution < 1.29 is 19.4 Å². The lowest BCUT2D eigenvalue weighted by molar-refractivity contribution is -0.139. The molecule has 2 amide bonds. The van der Waals surface area contributed by atoms with Crippen molar-refractivity contribution in [2.75, 3.05) is 44.7 Å². The van der Waals surface area contributed by atoms with Crippen LogP contribution in [0.5, 0.6) is 0 Å². The van der Waals surface area contributed by atoms with Gasteiger partial charge in [0.2, 0.25) is 0 Å². The molecule has 2 rings (SSSR count). The van der Waals surface area contributed by atoms with Gasteiger partial charge in [-0.2, -0.15) is 0 Å². The maximum absolute atomic E-state index is 12.8. The molecule has 0 saturated heterocycles. The monoisotopic (exact) mass is 519 g/mol. The molecule has 1 atom stereocenters. The summed E-state index contributed by atoms with van der Waals surface area (Å²) in [6.45, 7) is 14.3. The van der Waals surface area contributed by atoms with Crippen molar-refractivity contribution in [3.63, 3.8) is 0 Å². The van der Waals surface area contributed by atoms with Gasteiger partial charge in [0.1, 0.15) is 11.9 Å². The van der Waals surface area contributed by atoms with Crippen LogP contribution in [0.4, 0.5) is 10.6 Å². The number of hydrogen-bond acceptors (Lipinski definition) is 6. The molecular formula is C28H49N5O4. The van der Waals surface area contributed by atoms with Crippen molar-refractivity contribution in [2.24, 2.45) is 0 Å². The quantitative estimate of drug-likeness (QED) is 0.265. The lowest BCUT2D eigenvalue weighted by Crippen LogP contribution is -2.53. The molecule has 1 aromatic heterocycles. The van der Waals surface area contributed by atoms with E-state index >= 15 is 0 Å². The summed E-state index contributed by atoms with van der Waals surface area (Å²) in [4.78, 5) is 33.4. The number of unbranched alkanes of at least 4 members (excludes halogenated alkanes) is 1.